The van der Waals surface area contributed by atoms with Crippen LogP contribution in [0.4, 0.5) is 5.69 Å². The van der Waals surface area contributed by atoms with Crippen LogP contribution in [0.15, 0.2) is 27.6 Å². The van der Waals surface area contributed by atoms with Gasteiger partial charge in [-0.15, -0.1) is 0 Å². The second-order valence-electron chi connectivity index (χ2n) is 5.64. The van der Waals surface area contributed by atoms with Crippen LogP contribution in [0.5, 0.6) is 0 Å². The molecule has 0 unspecified atom stereocenters. The summed E-state index contributed by atoms with van der Waals surface area (Å²) in [5.74, 6) is 0.295. The number of aryl methyl sites for hydroxylation is 4. The van der Waals surface area contributed by atoms with Crippen LogP contribution in [0.25, 0.3) is 0 Å². The van der Waals surface area contributed by atoms with Gasteiger partial charge in [0.15, 0.2) is 10.7 Å². The Hall–Kier alpha value is -1.86. The third kappa shape index (κ3) is 3.40. The monoisotopic (exact) mass is 337 g/mol. The van der Waals surface area contributed by atoms with Gasteiger partial charge in [0, 0.05) is 6.54 Å². The molecule has 1 aromatic heterocycles. The van der Waals surface area contributed by atoms with E-state index in [0.717, 1.165) is 11.1 Å². The molecule has 6 nitrogen and oxygen atoms in total. The maximum atomic E-state index is 13.1. The molecule has 0 aliphatic rings. The van der Waals surface area contributed by atoms with Crippen molar-refractivity contribution in [3.63, 3.8) is 0 Å². The van der Waals surface area contributed by atoms with Gasteiger partial charge in [-0.3, -0.25) is 4.31 Å². The van der Waals surface area contributed by atoms with Gasteiger partial charge in [-0.1, -0.05) is 11.2 Å². The van der Waals surface area contributed by atoms with Gasteiger partial charge in [-0.25, -0.2) is 8.42 Å². The second-order valence-corrected chi connectivity index (χ2v) is 7.44. The Morgan fingerprint density at radius 1 is 1.17 bits per heavy atom. The normalized spacial score (nSPS) is 11.7. The number of hydrogen-bond acceptors (Lipinski definition) is 5. The highest BCUT2D eigenvalue weighted by Gasteiger charge is 2.31. The van der Waals surface area contributed by atoms with Crippen LogP contribution in [-0.2, 0) is 10.0 Å². The highest BCUT2D eigenvalue weighted by Crippen LogP contribution is 2.29. The zero-order valence-electron chi connectivity index (χ0n) is 14.0. The van der Waals surface area contributed by atoms with Gasteiger partial charge < -0.3 is 10.3 Å². The lowest BCUT2D eigenvalue weighted by Gasteiger charge is -2.25. The lowest BCUT2D eigenvalue weighted by Crippen LogP contribution is -2.33. The van der Waals surface area contributed by atoms with Crippen LogP contribution < -0.4 is 10.0 Å². The van der Waals surface area contributed by atoms with Crippen molar-refractivity contribution in [3.8, 4) is 0 Å². The minimum absolute atomic E-state index is 0.132. The van der Waals surface area contributed by atoms with Crippen molar-refractivity contribution in [3.05, 3.63) is 40.8 Å². The average molecular weight is 337 g/mol. The number of aromatic nitrogens is 1. The zero-order chi connectivity index (χ0) is 17.2. The van der Waals surface area contributed by atoms with E-state index in [2.05, 4.69) is 5.16 Å². The fourth-order valence-electron chi connectivity index (χ4n) is 2.46. The first-order chi connectivity index (χ1) is 10.8. The summed E-state index contributed by atoms with van der Waals surface area (Å²) in [6, 6.07) is 5.61. The Bertz CT molecular complexity index is 777. The number of rotatable bonds is 6. The lowest BCUT2D eigenvalue weighted by molar-refractivity contribution is 0.390. The van der Waals surface area contributed by atoms with E-state index in [-0.39, 0.29) is 4.90 Å². The predicted molar refractivity (Wildman–Crippen MR) is 90.1 cm³/mol. The van der Waals surface area contributed by atoms with Crippen LogP contribution in [0.1, 0.15) is 29.0 Å². The van der Waals surface area contributed by atoms with E-state index in [4.69, 9.17) is 10.3 Å². The summed E-state index contributed by atoms with van der Waals surface area (Å²) in [6.45, 7) is 7.91. The van der Waals surface area contributed by atoms with Gasteiger partial charge >= 0.3 is 0 Å². The minimum Gasteiger partial charge on any atom is -0.360 e. The summed E-state index contributed by atoms with van der Waals surface area (Å²) in [4.78, 5) is 0.132. The SMILES string of the molecule is Cc1ccc(N(CCCN)S(=O)(=O)c2c(C)noc2C)cc1C. The largest absolute Gasteiger partial charge is 0.360 e. The molecular weight excluding hydrogens is 314 g/mol. The number of hydrogen-bond donors (Lipinski definition) is 1. The van der Waals surface area contributed by atoms with Gasteiger partial charge in [0.1, 0.15) is 5.69 Å². The summed E-state index contributed by atoms with van der Waals surface area (Å²) in [5.41, 5.74) is 8.72. The van der Waals surface area contributed by atoms with Gasteiger partial charge in [0.05, 0.1) is 5.69 Å². The molecule has 0 radical (unpaired) electrons. The van der Waals surface area contributed by atoms with Crippen molar-refractivity contribution in [1.29, 1.82) is 0 Å². The Balaban J connectivity index is 2.56. The maximum absolute atomic E-state index is 13.1. The van der Waals surface area contributed by atoms with Crippen LogP contribution in [0, 0.1) is 27.7 Å². The summed E-state index contributed by atoms with van der Waals surface area (Å²) in [7, 11) is -3.75. The molecule has 2 N–H and O–H groups in total. The molecule has 0 aliphatic heterocycles. The van der Waals surface area contributed by atoms with Crippen LogP contribution in [0.2, 0.25) is 0 Å². The average Bonchev–Trinajstić information content (AvgIpc) is 2.82. The summed E-state index contributed by atoms with van der Waals surface area (Å²) in [6.07, 6.45) is 0.565. The Morgan fingerprint density at radius 2 is 1.87 bits per heavy atom. The molecule has 2 aromatic rings. The molecule has 0 fully saturated rings. The van der Waals surface area contributed by atoms with Crippen LogP contribution >= 0.6 is 0 Å². The Morgan fingerprint density at radius 3 is 2.39 bits per heavy atom. The van der Waals surface area contributed by atoms with Crippen molar-refractivity contribution >= 4 is 15.7 Å². The van der Waals surface area contributed by atoms with Crippen LogP contribution in [-0.4, -0.2) is 26.7 Å². The quantitative estimate of drug-likeness (QED) is 0.874. The molecule has 0 amide bonds. The predicted octanol–water partition coefficient (Wildman–Crippen LogP) is 2.45. The third-order valence-corrected chi connectivity index (χ3v) is 5.93. The van der Waals surface area contributed by atoms with Gasteiger partial charge in [0.2, 0.25) is 0 Å². The van der Waals surface area contributed by atoms with Crippen molar-refractivity contribution in [2.75, 3.05) is 17.4 Å². The molecule has 23 heavy (non-hydrogen) atoms. The Labute approximate surface area is 137 Å². The number of sulfonamides is 1. The van der Waals surface area contributed by atoms with E-state index in [1.54, 1.807) is 13.8 Å². The zero-order valence-corrected chi connectivity index (χ0v) is 14.8. The lowest BCUT2D eigenvalue weighted by atomic mass is 10.1. The van der Waals surface area contributed by atoms with Crippen molar-refractivity contribution in [2.24, 2.45) is 5.73 Å². The molecule has 126 valence electrons. The minimum atomic E-state index is -3.75. The molecule has 0 saturated carbocycles. The third-order valence-electron chi connectivity index (χ3n) is 3.86. The Kier molecular flexibility index (Phi) is 5.11. The number of benzene rings is 1. The maximum Gasteiger partial charge on any atom is 0.269 e. The molecule has 0 aliphatic carbocycles. The fourth-order valence-corrected chi connectivity index (χ4v) is 4.25. The van der Waals surface area contributed by atoms with E-state index in [1.165, 1.54) is 4.31 Å². The molecule has 1 heterocycles. The van der Waals surface area contributed by atoms with Gasteiger partial charge in [-0.2, -0.15) is 0 Å². The van der Waals surface area contributed by atoms with E-state index >= 15 is 0 Å². The molecule has 0 bridgehead atoms. The molecule has 0 saturated heterocycles. The molecule has 7 heteroatoms. The van der Waals surface area contributed by atoms with Crippen molar-refractivity contribution < 1.29 is 12.9 Å². The topological polar surface area (TPSA) is 89.4 Å². The molecule has 2 rings (SSSR count). The number of nitrogens with two attached hydrogens (primary N) is 1. The van der Waals surface area contributed by atoms with Crippen molar-refractivity contribution in [1.82, 2.24) is 5.16 Å². The molecule has 0 spiro atoms. The summed E-state index contributed by atoms with van der Waals surface area (Å²) < 4.78 is 32.7. The van der Waals surface area contributed by atoms with E-state index in [0.29, 0.717) is 36.7 Å². The van der Waals surface area contributed by atoms with Gasteiger partial charge in [-0.05, 0) is 63.9 Å². The van der Waals surface area contributed by atoms with E-state index < -0.39 is 10.0 Å². The first kappa shape index (κ1) is 17.5. The highest BCUT2D eigenvalue weighted by molar-refractivity contribution is 7.93. The standard InChI is InChI=1S/C16H23N3O3S/c1-11-6-7-15(10-12(11)2)19(9-5-8-17)23(20,21)16-13(3)18-22-14(16)4/h6-7,10H,5,8-9,17H2,1-4H3. The molecular formula is C16H23N3O3S. The highest BCUT2D eigenvalue weighted by atomic mass is 32.2. The van der Waals surface area contributed by atoms with E-state index in [9.17, 15) is 8.42 Å². The molecule has 1 aromatic carbocycles. The summed E-state index contributed by atoms with van der Waals surface area (Å²) >= 11 is 0. The van der Waals surface area contributed by atoms with E-state index in [1.807, 2.05) is 32.0 Å². The van der Waals surface area contributed by atoms with Crippen LogP contribution in [0.3, 0.4) is 0 Å². The number of nitrogens with zero attached hydrogens (tertiary/aromatic N) is 2. The fraction of sp³-hybridized carbons (Fsp3) is 0.438. The van der Waals surface area contributed by atoms with Gasteiger partial charge in [0.25, 0.3) is 10.0 Å². The molecule has 0 atom stereocenters. The summed E-state index contributed by atoms with van der Waals surface area (Å²) in [5, 5.41) is 3.76. The number of anilines is 1. The first-order valence-electron chi connectivity index (χ1n) is 7.52. The second kappa shape index (κ2) is 6.72. The van der Waals surface area contributed by atoms with Crippen molar-refractivity contribution in [2.45, 2.75) is 39.0 Å². The smallest absolute Gasteiger partial charge is 0.269 e. The first-order valence-corrected chi connectivity index (χ1v) is 8.96.